The van der Waals surface area contributed by atoms with Crippen molar-refractivity contribution < 1.29 is 9.59 Å². The molecule has 0 bridgehead atoms. The average Bonchev–Trinajstić information content (AvgIpc) is 3.33. The molecule has 1 aliphatic rings. The van der Waals surface area contributed by atoms with Crippen LogP contribution in [0.2, 0.25) is 0 Å². The number of aromatic nitrogens is 3. The van der Waals surface area contributed by atoms with Gasteiger partial charge in [0.05, 0.1) is 5.69 Å². The van der Waals surface area contributed by atoms with Crippen molar-refractivity contribution in [1.82, 2.24) is 24.8 Å². The van der Waals surface area contributed by atoms with Crippen LogP contribution >= 0.6 is 0 Å². The fourth-order valence-electron chi connectivity index (χ4n) is 4.33. The third-order valence-corrected chi connectivity index (χ3v) is 6.68. The lowest BCUT2D eigenvalue weighted by Crippen LogP contribution is -2.42. The summed E-state index contributed by atoms with van der Waals surface area (Å²) in [6.45, 7) is 17.6. The maximum atomic E-state index is 12.6. The first-order chi connectivity index (χ1) is 14.8. The number of amides is 2. The fourth-order valence-corrected chi connectivity index (χ4v) is 4.33. The average molecular weight is 442 g/mol. The molecule has 3 heterocycles. The quantitative estimate of drug-likeness (QED) is 0.736. The van der Waals surface area contributed by atoms with Crippen LogP contribution in [0, 0.1) is 19.3 Å². The smallest absolute Gasteiger partial charge is 0.227 e. The molecular weight excluding hydrogens is 402 g/mol. The van der Waals surface area contributed by atoms with Gasteiger partial charge in [-0.15, -0.1) is 0 Å². The van der Waals surface area contributed by atoms with Crippen molar-refractivity contribution in [2.24, 2.45) is 5.41 Å². The van der Waals surface area contributed by atoms with E-state index in [2.05, 4.69) is 18.3 Å². The Morgan fingerprint density at radius 3 is 2.50 bits per heavy atom. The summed E-state index contributed by atoms with van der Waals surface area (Å²) in [6.07, 6.45) is 2.88. The Kier molecular flexibility index (Phi) is 6.68. The molecule has 7 heteroatoms. The van der Waals surface area contributed by atoms with Gasteiger partial charge in [-0.3, -0.25) is 9.59 Å². The number of hydrogen-bond donors (Lipinski definition) is 1. The summed E-state index contributed by atoms with van der Waals surface area (Å²) in [4.78, 5) is 31.8. The summed E-state index contributed by atoms with van der Waals surface area (Å²) in [5.74, 6) is 0.486. The van der Waals surface area contributed by atoms with Crippen molar-refractivity contribution in [3.8, 4) is 0 Å². The lowest BCUT2D eigenvalue weighted by Gasteiger charge is -2.25. The second-order valence-corrected chi connectivity index (χ2v) is 10.9. The molecule has 2 aromatic rings. The molecule has 2 aromatic heterocycles. The van der Waals surface area contributed by atoms with Gasteiger partial charge >= 0.3 is 0 Å². The van der Waals surface area contributed by atoms with Crippen LogP contribution in [-0.4, -0.2) is 49.9 Å². The zero-order chi connectivity index (χ0) is 23.8. The number of nitrogens with zero attached hydrogens (tertiary/aromatic N) is 4. The SMILES string of the molecule is CCC(C)(C)NC(=O)CCc1c(C)nc2cc(C3CCN(C(=O)C(C)(C)C)C3)nn2c1C. The van der Waals surface area contributed by atoms with E-state index in [0.29, 0.717) is 19.4 Å². The van der Waals surface area contributed by atoms with Crippen LogP contribution < -0.4 is 5.32 Å². The maximum absolute atomic E-state index is 12.6. The molecular formula is C25H39N5O2. The van der Waals surface area contributed by atoms with E-state index in [4.69, 9.17) is 10.1 Å². The topological polar surface area (TPSA) is 79.6 Å². The number of aryl methyl sites for hydroxylation is 2. The fraction of sp³-hybridized carbons (Fsp3) is 0.680. The van der Waals surface area contributed by atoms with Gasteiger partial charge < -0.3 is 10.2 Å². The molecule has 0 aromatic carbocycles. The van der Waals surface area contributed by atoms with Gasteiger partial charge in [0.2, 0.25) is 11.8 Å². The first-order valence-corrected chi connectivity index (χ1v) is 11.8. The number of nitrogens with one attached hydrogen (secondary N) is 1. The molecule has 2 amide bonds. The van der Waals surface area contributed by atoms with Gasteiger partial charge in [0.15, 0.2) is 5.65 Å². The molecule has 0 saturated carbocycles. The summed E-state index contributed by atoms with van der Waals surface area (Å²) < 4.78 is 1.90. The molecule has 0 aliphatic carbocycles. The molecule has 0 radical (unpaired) electrons. The maximum Gasteiger partial charge on any atom is 0.227 e. The predicted molar refractivity (Wildman–Crippen MR) is 127 cm³/mol. The Morgan fingerprint density at radius 2 is 1.88 bits per heavy atom. The molecule has 1 aliphatic heterocycles. The largest absolute Gasteiger partial charge is 0.351 e. The summed E-state index contributed by atoms with van der Waals surface area (Å²) in [7, 11) is 0. The summed E-state index contributed by atoms with van der Waals surface area (Å²) >= 11 is 0. The van der Waals surface area contributed by atoms with Gasteiger partial charge in [-0.2, -0.15) is 5.10 Å². The summed E-state index contributed by atoms with van der Waals surface area (Å²) in [5, 5.41) is 7.97. The van der Waals surface area contributed by atoms with E-state index in [1.54, 1.807) is 0 Å². The minimum atomic E-state index is -0.364. The van der Waals surface area contributed by atoms with E-state index in [1.165, 1.54) is 0 Å². The summed E-state index contributed by atoms with van der Waals surface area (Å²) in [5.41, 5.74) is 4.31. The summed E-state index contributed by atoms with van der Waals surface area (Å²) in [6, 6.07) is 2.05. The van der Waals surface area contributed by atoms with E-state index >= 15 is 0 Å². The van der Waals surface area contributed by atoms with Crippen molar-refractivity contribution >= 4 is 17.5 Å². The highest BCUT2D eigenvalue weighted by atomic mass is 16.2. The Hall–Kier alpha value is -2.44. The van der Waals surface area contributed by atoms with E-state index in [0.717, 1.165) is 47.7 Å². The van der Waals surface area contributed by atoms with Crippen LogP contribution in [0.25, 0.3) is 5.65 Å². The molecule has 1 fully saturated rings. The van der Waals surface area contributed by atoms with E-state index in [1.807, 2.05) is 57.9 Å². The molecule has 3 rings (SSSR count). The normalized spacial score (nSPS) is 17.2. The van der Waals surface area contributed by atoms with Crippen molar-refractivity contribution in [3.05, 3.63) is 28.7 Å². The highest BCUT2D eigenvalue weighted by molar-refractivity contribution is 5.81. The van der Waals surface area contributed by atoms with Crippen molar-refractivity contribution in [2.75, 3.05) is 13.1 Å². The highest BCUT2D eigenvalue weighted by Gasteiger charge is 2.34. The van der Waals surface area contributed by atoms with Crippen LogP contribution in [0.5, 0.6) is 0 Å². The van der Waals surface area contributed by atoms with Crippen LogP contribution in [-0.2, 0) is 16.0 Å². The Labute approximate surface area is 192 Å². The van der Waals surface area contributed by atoms with Crippen molar-refractivity contribution in [2.45, 2.75) is 92.5 Å². The lowest BCUT2D eigenvalue weighted by atomic mass is 9.95. The van der Waals surface area contributed by atoms with Gasteiger partial charge in [-0.05, 0) is 52.5 Å². The number of carbonyl (C=O) groups excluding carboxylic acids is 2. The second-order valence-electron chi connectivity index (χ2n) is 10.9. The molecule has 1 N–H and O–H groups in total. The number of likely N-dealkylation sites (tertiary alicyclic amines) is 1. The standard InChI is InChI=1S/C25H39N5O2/c1-9-25(7,8)27-22(31)11-10-19-16(2)26-21-14-20(28-30(21)17(19)3)18-12-13-29(15-18)23(32)24(4,5)6/h14,18H,9-13,15H2,1-8H3,(H,27,31). The van der Waals surface area contributed by atoms with Crippen LogP contribution in [0.4, 0.5) is 0 Å². The number of rotatable bonds is 6. The third kappa shape index (κ3) is 5.13. The highest BCUT2D eigenvalue weighted by Crippen LogP contribution is 2.30. The van der Waals surface area contributed by atoms with E-state index in [-0.39, 0.29) is 28.7 Å². The lowest BCUT2D eigenvalue weighted by molar-refractivity contribution is -0.138. The van der Waals surface area contributed by atoms with Crippen LogP contribution in [0.15, 0.2) is 6.07 Å². The zero-order valence-electron chi connectivity index (χ0n) is 21.0. The Morgan fingerprint density at radius 1 is 1.19 bits per heavy atom. The number of hydrogen-bond acceptors (Lipinski definition) is 4. The van der Waals surface area contributed by atoms with Gasteiger partial charge in [0, 0.05) is 53.8 Å². The third-order valence-electron chi connectivity index (χ3n) is 6.68. The molecule has 0 spiro atoms. The van der Waals surface area contributed by atoms with E-state index < -0.39 is 0 Å². The minimum absolute atomic E-state index is 0.0615. The Bertz CT molecular complexity index is 1020. The molecule has 1 saturated heterocycles. The first-order valence-electron chi connectivity index (χ1n) is 11.8. The van der Waals surface area contributed by atoms with Crippen molar-refractivity contribution in [3.63, 3.8) is 0 Å². The zero-order valence-corrected chi connectivity index (χ0v) is 21.0. The van der Waals surface area contributed by atoms with Crippen molar-refractivity contribution in [1.29, 1.82) is 0 Å². The predicted octanol–water partition coefficient (Wildman–Crippen LogP) is 3.95. The molecule has 32 heavy (non-hydrogen) atoms. The van der Waals surface area contributed by atoms with E-state index in [9.17, 15) is 9.59 Å². The number of fused-ring (bicyclic) bond motifs is 1. The molecule has 176 valence electrons. The van der Waals surface area contributed by atoms with Crippen LogP contribution in [0.1, 0.15) is 89.4 Å². The monoisotopic (exact) mass is 441 g/mol. The van der Waals surface area contributed by atoms with Gasteiger partial charge in [0.1, 0.15) is 0 Å². The number of carbonyl (C=O) groups is 2. The molecule has 1 atom stereocenters. The minimum Gasteiger partial charge on any atom is -0.351 e. The Balaban J connectivity index is 1.76. The second kappa shape index (κ2) is 8.83. The van der Waals surface area contributed by atoms with Gasteiger partial charge in [-0.25, -0.2) is 9.50 Å². The van der Waals surface area contributed by atoms with Crippen LogP contribution in [0.3, 0.4) is 0 Å². The molecule has 1 unspecified atom stereocenters. The van der Waals surface area contributed by atoms with Gasteiger partial charge in [-0.1, -0.05) is 27.7 Å². The first kappa shape index (κ1) is 24.2. The van der Waals surface area contributed by atoms with Gasteiger partial charge in [0.25, 0.3) is 0 Å². The molecule has 7 nitrogen and oxygen atoms in total.